The molecular formula is C67H50. The van der Waals surface area contributed by atoms with Gasteiger partial charge in [-0.2, -0.15) is 0 Å². The molecule has 3 aliphatic rings. The second-order valence-electron chi connectivity index (χ2n) is 21.2. The summed E-state index contributed by atoms with van der Waals surface area (Å²) in [4.78, 5) is 0. The van der Waals surface area contributed by atoms with E-state index in [-0.39, 0.29) is 16.2 Å². The summed E-state index contributed by atoms with van der Waals surface area (Å²) in [6.45, 7) is 14.5. The van der Waals surface area contributed by atoms with E-state index in [0.717, 1.165) is 0 Å². The van der Waals surface area contributed by atoms with E-state index in [2.05, 4.69) is 236 Å². The first-order chi connectivity index (χ1) is 32.5. The van der Waals surface area contributed by atoms with E-state index in [1.54, 1.807) is 0 Å². The van der Waals surface area contributed by atoms with Gasteiger partial charge in [0.05, 0.1) is 0 Å². The summed E-state index contributed by atoms with van der Waals surface area (Å²) < 4.78 is 0. The van der Waals surface area contributed by atoms with Crippen LogP contribution in [0.2, 0.25) is 0 Å². The number of fused-ring (bicyclic) bond motifs is 14. The predicted molar refractivity (Wildman–Crippen MR) is 285 cm³/mol. The molecule has 0 saturated heterocycles. The molecule has 0 atom stereocenters. The van der Waals surface area contributed by atoms with Crippen molar-refractivity contribution in [2.75, 3.05) is 0 Å². The van der Waals surface area contributed by atoms with Gasteiger partial charge in [0, 0.05) is 16.2 Å². The zero-order valence-electron chi connectivity index (χ0n) is 39.0. The monoisotopic (exact) mass is 854 g/mol. The normalized spacial score (nSPS) is 15.4. The molecule has 318 valence electrons. The van der Waals surface area contributed by atoms with E-state index in [1.807, 2.05) is 0 Å². The molecule has 0 aliphatic heterocycles. The maximum Gasteiger partial charge on any atom is 0.0159 e. The first-order valence-corrected chi connectivity index (χ1v) is 24.1. The molecule has 3 aliphatic carbocycles. The topological polar surface area (TPSA) is 0 Å². The number of rotatable bonds is 3. The predicted octanol–water partition coefficient (Wildman–Crippen LogP) is 18.2. The molecule has 0 N–H and O–H groups in total. The van der Waals surface area contributed by atoms with Gasteiger partial charge in [0.1, 0.15) is 0 Å². The maximum absolute atomic E-state index is 2.60. The molecule has 0 unspecified atom stereocenters. The van der Waals surface area contributed by atoms with Crippen LogP contribution in [0, 0.1) is 0 Å². The Hall–Kier alpha value is -7.54. The Morgan fingerprint density at radius 2 is 0.612 bits per heavy atom. The van der Waals surface area contributed by atoms with Crippen LogP contribution in [-0.4, -0.2) is 0 Å². The molecule has 0 fully saturated rings. The van der Waals surface area contributed by atoms with Crippen molar-refractivity contribution < 1.29 is 0 Å². The molecule has 11 aromatic rings. The van der Waals surface area contributed by atoms with Crippen molar-refractivity contribution in [3.63, 3.8) is 0 Å². The lowest BCUT2D eigenvalue weighted by Crippen LogP contribution is -2.15. The highest BCUT2D eigenvalue weighted by molar-refractivity contribution is 6.23. The largest absolute Gasteiger partial charge is 0.0619 e. The molecule has 0 saturated carbocycles. The minimum absolute atomic E-state index is 0.110. The lowest BCUT2D eigenvalue weighted by atomic mass is 9.77. The third kappa shape index (κ3) is 5.14. The van der Waals surface area contributed by atoms with Gasteiger partial charge in [-0.25, -0.2) is 0 Å². The lowest BCUT2D eigenvalue weighted by Gasteiger charge is -2.25. The van der Waals surface area contributed by atoms with Gasteiger partial charge in [-0.1, -0.05) is 199 Å². The lowest BCUT2D eigenvalue weighted by molar-refractivity contribution is 0.660. The van der Waals surface area contributed by atoms with Crippen molar-refractivity contribution in [2.45, 2.75) is 57.8 Å². The second kappa shape index (κ2) is 13.3. The summed E-state index contributed by atoms with van der Waals surface area (Å²) in [6, 6.07) is 74.5. The van der Waals surface area contributed by atoms with E-state index in [0.29, 0.717) is 0 Å². The van der Waals surface area contributed by atoms with Crippen LogP contribution in [0.3, 0.4) is 0 Å². The molecule has 0 nitrogen and oxygen atoms in total. The van der Waals surface area contributed by atoms with E-state index in [1.165, 1.54) is 143 Å². The van der Waals surface area contributed by atoms with Crippen molar-refractivity contribution in [2.24, 2.45) is 0 Å². The van der Waals surface area contributed by atoms with Gasteiger partial charge in [0.25, 0.3) is 0 Å². The smallest absolute Gasteiger partial charge is 0.0159 e. The van der Waals surface area contributed by atoms with Crippen molar-refractivity contribution in [3.05, 3.63) is 228 Å². The summed E-state index contributed by atoms with van der Waals surface area (Å²) in [7, 11) is 0. The Kier molecular flexibility index (Phi) is 7.68. The fourth-order valence-corrected chi connectivity index (χ4v) is 13.2. The maximum atomic E-state index is 2.60. The van der Waals surface area contributed by atoms with Crippen LogP contribution in [-0.2, 0) is 16.2 Å². The Labute approximate surface area is 393 Å². The van der Waals surface area contributed by atoms with E-state index >= 15 is 0 Å². The molecule has 0 bridgehead atoms. The van der Waals surface area contributed by atoms with E-state index in [4.69, 9.17) is 0 Å². The summed E-state index contributed by atoms with van der Waals surface area (Å²) in [6.07, 6.45) is 0. The third-order valence-corrected chi connectivity index (χ3v) is 16.6. The Morgan fingerprint density at radius 1 is 0.224 bits per heavy atom. The first kappa shape index (κ1) is 38.7. The minimum atomic E-state index is -0.241. The zero-order valence-corrected chi connectivity index (χ0v) is 39.0. The molecule has 0 aromatic heterocycles. The van der Waals surface area contributed by atoms with Gasteiger partial charge in [-0.15, -0.1) is 0 Å². The Balaban J connectivity index is 1.04. The van der Waals surface area contributed by atoms with Gasteiger partial charge in [0.2, 0.25) is 0 Å². The fourth-order valence-electron chi connectivity index (χ4n) is 13.2. The minimum Gasteiger partial charge on any atom is -0.0619 e. The van der Waals surface area contributed by atoms with Gasteiger partial charge >= 0.3 is 0 Å². The molecule has 0 heterocycles. The van der Waals surface area contributed by atoms with E-state index < -0.39 is 0 Å². The molecular weight excluding hydrogens is 805 g/mol. The standard InChI is InChI=1S/C67H50/c1-65(2)57-25-15-13-21-46(57)48-31-28-41(35-60(48)65)63-51-23-11-12-24-52(51)64(42-29-32-49-47-22-14-16-26-58(47)66(3,4)61(49)36-42)56-38-62-54(37-55(56)63)50-30-27-40(34-59(50)67(62,5)6)53-33-39-17-7-8-18-43(39)44-19-9-10-20-45(44)53/h7-38H,1-6H3. The van der Waals surface area contributed by atoms with Crippen LogP contribution in [0.5, 0.6) is 0 Å². The number of hydrogen-bond donors (Lipinski definition) is 0. The molecule has 0 amide bonds. The summed E-state index contributed by atoms with van der Waals surface area (Å²) >= 11 is 0. The van der Waals surface area contributed by atoms with Gasteiger partial charge in [0.15, 0.2) is 0 Å². The highest BCUT2D eigenvalue weighted by Crippen LogP contribution is 2.57. The molecule has 11 aromatic carbocycles. The number of benzene rings is 11. The van der Waals surface area contributed by atoms with Crippen molar-refractivity contribution >= 4 is 43.1 Å². The Bertz CT molecular complexity index is 4000. The van der Waals surface area contributed by atoms with Crippen LogP contribution in [0.4, 0.5) is 0 Å². The van der Waals surface area contributed by atoms with E-state index in [9.17, 15) is 0 Å². The molecule has 14 rings (SSSR count). The molecule has 0 radical (unpaired) electrons. The second-order valence-corrected chi connectivity index (χ2v) is 21.2. The van der Waals surface area contributed by atoms with Gasteiger partial charge in [-0.05, 0) is 180 Å². The molecule has 0 heteroatoms. The highest BCUT2D eigenvalue weighted by atomic mass is 14.4. The Morgan fingerprint density at radius 3 is 1.19 bits per heavy atom. The molecule has 67 heavy (non-hydrogen) atoms. The third-order valence-electron chi connectivity index (χ3n) is 16.6. The van der Waals surface area contributed by atoms with Crippen molar-refractivity contribution in [1.82, 2.24) is 0 Å². The number of hydrogen-bond acceptors (Lipinski definition) is 0. The van der Waals surface area contributed by atoms with Crippen LogP contribution < -0.4 is 0 Å². The average molecular weight is 855 g/mol. The van der Waals surface area contributed by atoms with Gasteiger partial charge < -0.3 is 0 Å². The van der Waals surface area contributed by atoms with Crippen LogP contribution in [0.15, 0.2) is 194 Å². The average Bonchev–Trinajstić information content (AvgIpc) is 3.83. The van der Waals surface area contributed by atoms with Crippen molar-refractivity contribution in [1.29, 1.82) is 0 Å². The van der Waals surface area contributed by atoms with Gasteiger partial charge in [-0.3, -0.25) is 0 Å². The van der Waals surface area contributed by atoms with Crippen LogP contribution >= 0.6 is 0 Å². The summed E-state index contributed by atoms with van der Waals surface area (Å²) in [5.41, 5.74) is 23.7. The first-order valence-electron chi connectivity index (χ1n) is 24.1. The summed E-state index contributed by atoms with van der Waals surface area (Å²) in [5.74, 6) is 0. The fraction of sp³-hybridized carbons (Fsp3) is 0.134. The SMILES string of the molecule is CC1(C)c2ccccc2-c2ccc(-c3c4ccccc4c(-c4ccc5c(c4)C(C)(C)c4ccccc4-5)c4cc5c(cc34)-c3ccc(-c4cc6ccccc6c6ccccc46)cc3C5(C)C)cc21. The zero-order chi connectivity index (χ0) is 45.1. The molecule has 0 spiro atoms. The highest BCUT2D eigenvalue weighted by Gasteiger charge is 2.39. The summed E-state index contributed by atoms with van der Waals surface area (Å²) in [5, 5.41) is 10.4. The van der Waals surface area contributed by atoms with Crippen LogP contribution in [0.1, 0.15) is 74.9 Å². The van der Waals surface area contributed by atoms with Crippen LogP contribution in [0.25, 0.3) is 110 Å². The quantitative estimate of drug-likeness (QED) is 0.123. The van der Waals surface area contributed by atoms with Crippen molar-refractivity contribution in [3.8, 4) is 66.8 Å².